The van der Waals surface area contributed by atoms with Crippen LogP contribution in [0.15, 0.2) is 30.3 Å². The van der Waals surface area contributed by atoms with Crippen molar-refractivity contribution >= 4 is 5.91 Å². The molecule has 6 heteroatoms. The van der Waals surface area contributed by atoms with Gasteiger partial charge in [-0.3, -0.25) is 9.89 Å². The molecule has 24 heavy (non-hydrogen) atoms. The van der Waals surface area contributed by atoms with E-state index in [0.29, 0.717) is 18.8 Å². The lowest BCUT2D eigenvalue weighted by atomic mass is 9.97. The molecule has 6 nitrogen and oxygen atoms in total. The summed E-state index contributed by atoms with van der Waals surface area (Å²) in [5.41, 5.74) is 3.27. The lowest BCUT2D eigenvalue weighted by Crippen LogP contribution is -2.49. The molecule has 2 atom stereocenters. The molecule has 0 unspecified atom stereocenters. The normalized spacial score (nSPS) is 21.0. The molecule has 2 N–H and O–H groups in total. The standard InChI is InChI=1S/C18H23N3O3/c1-3-14-12(2)16(20-19-14)18(23)21-9-10-24-15(11-22)17(21)13-7-5-4-6-8-13/h4-8,15,17,22H,3,9-11H2,1-2H3,(H,19,20)/t15-,17-/m1/s1. The number of nitrogens with one attached hydrogen (secondary N) is 1. The van der Waals surface area contributed by atoms with Crippen molar-refractivity contribution in [3.05, 3.63) is 52.8 Å². The molecule has 0 bridgehead atoms. The van der Waals surface area contributed by atoms with Gasteiger partial charge >= 0.3 is 0 Å². The van der Waals surface area contributed by atoms with Gasteiger partial charge in [-0.05, 0) is 18.9 Å². The Labute approximate surface area is 141 Å². The van der Waals surface area contributed by atoms with E-state index in [1.807, 2.05) is 44.2 Å². The van der Waals surface area contributed by atoms with Crippen LogP contribution >= 0.6 is 0 Å². The summed E-state index contributed by atoms with van der Waals surface area (Å²) in [4.78, 5) is 14.9. The summed E-state index contributed by atoms with van der Waals surface area (Å²) < 4.78 is 5.69. The molecule has 0 saturated carbocycles. The predicted molar refractivity (Wildman–Crippen MR) is 89.7 cm³/mol. The van der Waals surface area contributed by atoms with E-state index in [9.17, 15) is 9.90 Å². The average molecular weight is 329 g/mol. The lowest BCUT2D eigenvalue weighted by molar-refractivity contribution is -0.0812. The van der Waals surface area contributed by atoms with E-state index in [0.717, 1.165) is 23.2 Å². The maximum absolute atomic E-state index is 13.1. The van der Waals surface area contributed by atoms with Gasteiger partial charge in [0.05, 0.1) is 19.3 Å². The molecule has 3 rings (SSSR count). The van der Waals surface area contributed by atoms with E-state index in [1.54, 1.807) is 4.90 Å². The zero-order valence-corrected chi connectivity index (χ0v) is 14.0. The van der Waals surface area contributed by atoms with Crippen molar-refractivity contribution in [3.63, 3.8) is 0 Å². The molecule has 128 valence electrons. The Balaban J connectivity index is 1.96. The molecule has 0 spiro atoms. The lowest BCUT2D eigenvalue weighted by Gasteiger charge is -2.40. The number of rotatable bonds is 4. The smallest absolute Gasteiger partial charge is 0.275 e. The van der Waals surface area contributed by atoms with Crippen molar-refractivity contribution < 1.29 is 14.6 Å². The first-order valence-corrected chi connectivity index (χ1v) is 8.29. The number of benzene rings is 1. The van der Waals surface area contributed by atoms with Crippen molar-refractivity contribution in [2.75, 3.05) is 19.8 Å². The zero-order chi connectivity index (χ0) is 17.1. The van der Waals surface area contributed by atoms with Crippen LogP contribution in [0, 0.1) is 6.92 Å². The summed E-state index contributed by atoms with van der Waals surface area (Å²) in [5, 5.41) is 16.9. The molecule has 1 aliphatic rings. The number of carbonyl (C=O) groups excluding carboxylic acids is 1. The maximum Gasteiger partial charge on any atom is 0.275 e. The third-order valence-electron chi connectivity index (χ3n) is 4.60. The van der Waals surface area contributed by atoms with E-state index >= 15 is 0 Å². The van der Waals surface area contributed by atoms with E-state index in [2.05, 4.69) is 10.2 Å². The zero-order valence-electron chi connectivity index (χ0n) is 14.0. The monoisotopic (exact) mass is 329 g/mol. The van der Waals surface area contributed by atoms with E-state index in [4.69, 9.17) is 4.74 Å². The van der Waals surface area contributed by atoms with Crippen LogP contribution in [0.1, 0.15) is 40.3 Å². The van der Waals surface area contributed by atoms with Crippen LogP contribution in [-0.4, -0.2) is 52.0 Å². The van der Waals surface area contributed by atoms with Crippen molar-refractivity contribution in [1.29, 1.82) is 0 Å². The highest BCUT2D eigenvalue weighted by Gasteiger charge is 2.37. The van der Waals surface area contributed by atoms with Gasteiger partial charge < -0.3 is 14.7 Å². The number of nitrogens with zero attached hydrogens (tertiary/aromatic N) is 2. The Hall–Kier alpha value is -2.18. The van der Waals surface area contributed by atoms with Crippen LogP contribution in [0.5, 0.6) is 0 Å². The number of amides is 1. The minimum Gasteiger partial charge on any atom is -0.394 e. The summed E-state index contributed by atoms with van der Waals surface area (Å²) >= 11 is 0. The summed E-state index contributed by atoms with van der Waals surface area (Å²) in [6.45, 7) is 4.69. The van der Waals surface area contributed by atoms with Gasteiger partial charge in [0.1, 0.15) is 6.10 Å². The third kappa shape index (κ3) is 2.95. The second-order valence-corrected chi connectivity index (χ2v) is 5.98. The van der Waals surface area contributed by atoms with Gasteiger partial charge in [-0.15, -0.1) is 0 Å². The fourth-order valence-electron chi connectivity index (χ4n) is 3.28. The second-order valence-electron chi connectivity index (χ2n) is 5.98. The predicted octanol–water partition coefficient (Wildman–Crippen LogP) is 1.86. The molecular formula is C18H23N3O3. The molecular weight excluding hydrogens is 306 g/mol. The SMILES string of the molecule is CCc1[nH]nc(C(=O)N2CCO[C@H](CO)[C@H]2c2ccccc2)c1C. The van der Waals surface area contributed by atoms with Gasteiger partial charge in [-0.2, -0.15) is 5.10 Å². The number of morpholine rings is 1. The summed E-state index contributed by atoms with van der Waals surface area (Å²) in [5.74, 6) is -0.126. The van der Waals surface area contributed by atoms with E-state index in [-0.39, 0.29) is 18.6 Å². The highest BCUT2D eigenvalue weighted by Crippen LogP contribution is 2.31. The van der Waals surface area contributed by atoms with Gasteiger partial charge in [0.15, 0.2) is 5.69 Å². The second kappa shape index (κ2) is 7.15. The molecule has 2 heterocycles. The number of aliphatic hydroxyl groups is 1. The van der Waals surface area contributed by atoms with Crippen LogP contribution in [-0.2, 0) is 11.2 Å². The number of carbonyl (C=O) groups is 1. The minimum absolute atomic E-state index is 0.126. The number of ether oxygens (including phenoxy) is 1. The average Bonchev–Trinajstić information content (AvgIpc) is 3.01. The van der Waals surface area contributed by atoms with Gasteiger partial charge in [0.2, 0.25) is 0 Å². The first-order valence-electron chi connectivity index (χ1n) is 8.29. The Morgan fingerprint density at radius 1 is 1.42 bits per heavy atom. The number of hydrogen-bond acceptors (Lipinski definition) is 4. The van der Waals surface area contributed by atoms with Crippen LogP contribution in [0.3, 0.4) is 0 Å². The van der Waals surface area contributed by atoms with E-state index in [1.165, 1.54) is 0 Å². The number of hydrogen-bond donors (Lipinski definition) is 2. The number of aliphatic hydroxyl groups excluding tert-OH is 1. The summed E-state index contributed by atoms with van der Waals surface area (Å²) in [7, 11) is 0. The van der Waals surface area contributed by atoms with Gasteiger partial charge in [-0.1, -0.05) is 37.3 Å². The third-order valence-corrected chi connectivity index (χ3v) is 4.60. The van der Waals surface area contributed by atoms with Crippen molar-refractivity contribution in [1.82, 2.24) is 15.1 Å². The fraction of sp³-hybridized carbons (Fsp3) is 0.444. The largest absolute Gasteiger partial charge is 0.394 e. The summed E-state index contributed by atoms with van der Waals surface area (Å²) in [6.07, 6.45) is 0.367. The number of aromatic amines is 1. The van der Waals surface area contributed by atoms with Gasteiger partial charge in [-0.25, -0.2) is 0 Å². The van der Waals surface area contributed by atoms with Crippen LogP contribution in [0.4, 0.5) is 0 Å². The Morgan fingerprint density at radius 2 is 2.17 bits per heavy atom. The molecule has 1 amide bonds. The number of aromatic nitrogens is 2. The van der Waals surface area contributed by atoms with Crippen molar-refractivity contribution in [2.45, 2.75) is 32.4 Å². The number of H-pyrrole nitrogens is 1. The fourth-order valence-corrected chi connectivity index (χ4v) is 3.28. The first-order chi connectivity index (χ1) is 11.7. The summed E-state index contributed by atoms with van der Waals surface area (Å²) in [6, 6.07) is 9.37. The Bertz CT molecular complexity index is 699. The molecule has 1 aromatic carbocycles. The van der Waals surface area contributed by atoms with Crippen LogP contribution in [0.25, 0.3) is 0 Å². The van der Waals surface area contributed by atoms with Crippen LogP contribution < -0.4 is 0 Å². The topological polar surface area (TPSA) is 78.5 Å². The molecule has 0 radical (unpaired) electrons. The number of aryl methyl sites for hydroxylation is 1. The molecule has 2 aromatic rings. The van der Waals surface area contributed by atoms with Crippen LogP contribution in [0.2, 0.25) is 0 Å². The molecule has 1 aliphatic heterocycles. The van der Waals surface area contributed by atoms with E-state index < -0.39 is 6.10 Å². The first kappa shape index (κ1) is 16.7. The minimum atomic E-state index is -0.435. The quantitative estimate of drug-likeness (QED) is 0.897. The maximum atomic E-state index is 13.1. The van der Waals surface area contributed by atoms with Gasteiger partial charge in [0.25, 0.3) is 5.91 Å². The Kier molecular flexibility index (Phi) is 4.97. The molecule has 1 fully saturated rings. The molecule has 1 saturated heterocycles. The Morgan fingerprint density at radius 3 is 2.79 bits per heavy atom. The van der Waals surface area contributed by atoms with Crippen molar-refractivity contribution in [2.24, 2.45) is 0 Å². The van der Waals surface area contributed by atoms with Crippen molar-refractivity contribution in [3.8, 4) is 0 Å². The molecule has 0 aliphatic carbocycles. The molecule has 1 aromatic heterocycles. The highest BCUT2D eigenvalue weighted by molar-refractivity contribution is 5.94. The highest BCUT2D eigenvalue weighted by atomic mass is 16.5. The van der Waals surface area contributed by atoms with Gasteiger partial charge in [0, 0.05) is 17.8 Å².